The Hall–Kier alpha value is -2.26. The SMILES string of the molecule is COCCC(NC(=O)c1sc(-c2cnn(C)c2)nc1C)C(=O)O. The number of carboxylic acids is 1. The molecule has 0 aliphatic carbocycles. The molecule has 0 aromatic carbocycles. The van der Waals surface area contributed by atoms with E-state index >= 15 is 0 Å². The molecule has 0 radical (unpaired) electrons. The van der Waals surface area contributed by atoms with Gasteiger partial charge in [-0.3, -0.25) is 9.48 Å². The lowest BCUT2D eigenvalue weighted by Crippen LogP contribution is -2.41. The van der Waals surface area contributed by atoms with Gasteiger partial charge in [-0.25, -0.2) is 9.78 Å². The van der Waals surface area contributed by atoms with Gasteiger partial charge in [0.2, 0.25) is 0 Å². The van der Waals surface area contributed by atoms with Crippen molar-refractivity contribution in [2.45, 2.75) is 19.4 Å². The zero-order valence-corrected chi connectivity index (χ0v) is 13.9. The van der Waals surface area contributed by atoms with Crippen molar-refractivity contribution >= 4 is 23.2 Å². The molecule has 8 nitrogen and oxygen atoms in total. The van der Waals surface area contributed by atoms with Gasteiger partial charge in [0, 0.05) is 38.9 Å². The molecule has 0 fully saturated rings. The Morgan fingerprint density at radius 3 is 2.83 bits per heavy atom. The van der Waals surface area contributed by atoms with Crippen LogP contribution in [0.25, 0.3) is 10.6 Å². The van der Waals surface area contributed by atoms with E-state index in [4.69, 9.17) is 9.84 Å². The normalized spacial score (nSPS) is 12.1. The number of hydrogen-bond donors (Lipinski definition) is 2. The lowest BCUT2D eigenvalue weighted by molar-refractivity contribution is -0.139. The van der Waals surface area contributed by atoms with Crippen LogP contribution < -0.4 is 5.32 Å². The summed E-state index contributed by atoms with van der Waals surface area (Å²) in [7, 11) is 3.28. The highest BCUT2D eigenvalue weighted by Gasteiger charge is 2.23. The molecule has 1 atom stereocenters. The maximum Gasteiger partial charge on any atom is 0.326 e. The fourth-order valence-corrected chi connectivity index (χ4v) is 2.92. The molecule has 1 amide bonds. The monoisotopic (exact) mass is 338 g/mol. The van der Waals surface area contributed by atoms with Crippen LogP contribution in [-0.2, 0) is 16.6 Å². The van der Waals surface area contributed by atoms with Gasteiger partial charge in [0.25, 0.3) is 5.91 Å². The number of methoxy groups -OCH3 is 1. The molecule has 124 valence electrons. The Labute approximate surface area is 137 Å². The van der Waals surface area contributed by atoms with E-state index in [-0.39, 0.29) is 13.0 Å². The van der Waals surface area contributed by atoms with Crippen molar-refractivity contribution in [2.75, 3.05) is 13.7 Å². The van der Waals surface area contributed by atoms with Crippen molar-refractivity contribution in [3.8, 4) is 10.6 Å². The van der Waals surface area contributed by atoms with E-state index in [0.717, 1.165) is 5.56 Å². The first-order chi connectivity index (χ1) is 10.9. The summed E-state index contributed by atoms with van der Waals surface area (Å²) < 4.78 is 6.51. The summed E-state index contributed by atoms with van der Waals surface area (Å²) >= 11 is 1.21. The lowest BCUT2D eigenvalue weighted by Gasteiger charge is -2.13. The van der Waals surface area contributed by atoms with Crippen LogP contribution in [0.1, 0.15) is 21.8 Å². The summed E-state index contributed by atoms with van der Waals surface area (Å²) in [4.78, 5) is 28.3. The van der Waals surface area contributed by atoms with Gasteiger partial charge in [-0.1, -0.05) is 0 Å². The van der Waals surface area contributed by atoms with Crippen molar-refractivity contribution in [2.24, 2.45) is 7.05 Å². The van der Waals surface area contributed by atoms with Gasteiger partial charge in [0.05, 0.1) is 11.9 Å². The Balaban J connectivity index is 2.16. The number of carboxylic acid groups (broad SMARTS) is 1. The molecule has 0 spiro atoms. The van der Waals surface area contributed by atoms with Crippen LogP contribution in [0.2, 0.25) is 0 Å². The summed E-state index contributed by atoms with van der Waals surface area (Å²) in [6, 6.07) is -0.995. The van der Waals surface area contributed by atoms with E-state index < -0.39 is 17.9 Å². The van der Waals surface area contributed by atoms with Crippen LogP contribution in [0.3, 0.4) is 0 Å². The van der Waals surface area contributed by atoms with Crippen LogP contribution in [0, 0.1) is 6.92 Å². The molecule has 2 N–H and O–H groups in total. The number of nitrogens with one attached hydrogen (secondary N) is 1. The third kappa shape index (κ3) is 4.14. The summed E-state index contributed by atoms with van der Waals surface area (Å²) in [5, 5.41) is 16.4. The van der Waals surface area contributed by atoms with Crippen LogP contribution in [-0.4, -0.2) is 51.5 Å². The molecule has 2 heterocycles. The van der Waals surface area contributed by atoms with Gasteiger partial charge in [-0.15, -0.1) is 11.3 Å². The van der Waals surface area contributed by atoms with Crippen molar-refractivity contribution in [3.63, 3.8) is 0 Å². The average molecular weight is 338 g/mol. The minimum atomic E-state index is -1.09. The third-order valence-electron chi connectivity index (χ3n) is 3.17. The minimum Gasteiger partial charge on any atom is -0.480 e. The molecule has 0 aliphatic heterocycles. The number of ether oxygens (including phenoxy) is 1. The molecule has 9 heteroatoms. The molecule has 0 bridgehead atoms. The van der Waals surface area contributed by atoms with E-state index in [2.05, 4.69) is 15.4 Å². The second kappa shape index (κ2) is 7.34. The lowest BCUT2D eigenvalue weighted by atomic mass is 10.2. The molecule has 0 saturated carbocycles. The number of aliphatic carboxylic acids is 1. The summed E-state index contributed by atoms with van der Waals surface area (Å²) in [6.07, 6.45) is 3.67. The van der Waals surface area contributed by atoms with Gasteiger partial charge in [0.1, 0.15) is 15.9 Å². The Morgan fingerprint density at radius 2 is 2.26 bits per heavy atom. The summed E-state index contributed by atoms with van der Waals surface area (Å²) in [5.74, 6) is -1.54. The minimum absolute atomic E-state index is 0.199. The number of carbonyl (C=O) groups is 2. The van der Waals surface area contributed by atoms with Crippen LogP contribution in [0.4, 0.5) is 0 Å². The predicted molar refractivity (Wildman–Crippen MR) is 84.4 cm³/mol. The van der Waals surface area contributed by atoms with Gasteiger partial charge in [-0.2, -0.15) is 5.10 Å². The number of aryl methyl sites for hydroxylation is 2. The first kappa shape index (κ1) is 17.1. The molecule has 2 aromatic rings. The third-order valence-corrected chi connectivity index (χ3v) is 4.37. The quantitative estimate of drug-likeness (QED) is 0.782. The van der Waals surface area contributed by atoms with Crippen molar-refractivity contribution in [1.29, 1.82) is 0 Å². The number of amides is 1. The largest absolute Gasteiger partial charge is 0.480 e. The maximum absolute atomic E-state index is 12.3. The van der Waals surface area contributed by atoms with Crippen molar-refractivity contribution < 1.29 is 19.4 Å². The number of nitrogens with zero attached hydrogens (tertiary/aromatic N) is 3. The molecule has 1 unspecified atom stereocenters. The average Bonchev–Trinajstić information content (AvgIpc) is 3.09. The van der Waals surface area contributed by atoms with Crippen LogP contribution >= 0.6 is 11.3 Å². The van der Waals surface area contributed by atoms with Gasteiger partial charge in [0.15, 0.2) is 0 Å². The molecule has 0 aliphatic rings. The second-order valence-electron chi connectivity index (χ2n) is 4.98. The first-order valence-corrected chi connectivity index (χ1v) is 7.73. The molecule has 2 aromatic heterocycles. The van der Waals surface area contributed by atoms with E-state index in [1.165, 1.54) is 18.4 Å². The smallest absolute Gasteiger partial charge is 0.326 e. The first-order valence-electron chi connectivity index (χ1n) is 6.91. The Bertz CT molecular complexity index is 709. The van der Waals surface area contributed by atoms with Crippen molar-refractivity contribution in [1.82, 2.24) is 20.1 Å². The summed E-state index contributed by atoms with van der Waals surface area (Å²) in [6.45, 7) is 1.97. The van der Waals surface area contributed by atoms with Gasteiger partial charge < -0.3 is 15.2 Å². The zero-order chi connectivity index (χ0) is 17.0. The Morgan fingerprint density at radius 1 is 1.52 bits per heavy atom. The maximum atomic E-state index is 12.3. The topological polar surface area (TPSA) is 106 Å². The van der Waals surface area contributed by atoms with Crippen LogP contribution in [0.15, 0.2) is 12.4 Å². The van der Waals surface area contributed by atoms with E-state index in [0.29, 0.717) is 15.6 Å². The highest BCUT2D eigenvalue weighted by atomic mass is 32.1. The van der Waals surface area contributed by atoms with E-state index in [9.17, 15) is 9.59 Å². The van der Waals surface area contributed by atoms with Gasteiger partial charge in [-0.05, 0) is 6.92 Å². The predicted octanol–water partition coefficient (Wildman–Crippen LogP) is 1.07. The summed E-state index contributed by atoms with van der Waals surface area (Å²) in [5.41, 5.74) is 1.37. The zero-order valence-electron chi connectivity index (χ0n) is 13.1. The van der Waals surface area contributed by atoms with Gasteiger partial charge >= 0.3 is 5.97 Å². The molecular weight excluding hydrogens is 320 g/mol. The second-order valence-corrected chi connectivity index (χ2v) is 5.98. The number of carbonyl (C=O) groups excluding carboxylic acids is 1. The molecule has 23 heavy (non-hydrogen) atoms. The fourth-order valence-electron chi connectivity index (χ4n) is 1.98. The molecule has 2 rings (SSSR count). The number of rotatable bonds is 7. The number of hydrogen-bond acceptors (Lipinski definition) is 6. The van der Waals surface area contributed by atoms with Crippen LogP contribution in [0.5, 0.6) is 0 Å². The Kier molecular flexibility index (Phi) is 5.45. The van der Waals surface area contributed by atoms with E-state index in [1.807, 2.05) is 0 Å². The molecule has 0 saturated heterocycles. The number of aromatic nitrogens is 3. The highest BCUT2D eigenvalue weighted by Crippen LogP contribution is 2.27. The highest BCUT2D eigenvalue weighted by molar-refractivity contribution is 7.17. The molecular formula is C14H18N4O4S. The fraction of sp³-hybridized carbons (Fsp3) is 0.429. The number of thiazole rings is 1. The van der Waals surface area contributed by atoms with Crippen molar-refractivity contribution in [3.05, 3.63) is 23.0 Å². The van der Waals surface area contributed by atoms with E-state index in [1.54, 1.807) is 31.0 Å². The standard InChI is InChI=1S/C14H18N4O4S/c1-8-11(12(19)17-10(14(20)21)4-5-22-3)23-13(16-8)9-6-15-18(2)7-9/h6-7,10H,4-5H2,1-3H3,(H,17,19)(H,20,21).